The first kappa shape index (κ1) is 25.6. The third-order valence-corrected chi connectivity index (χ3v) is 5.35. The number of hydrogen-bond acceptors (Lipinski definition) is 13. The predicted molar refractivity (Wildman–Crippen MR) is 136 cm³/mol. The molecule has 0 aliphatic rings. The molecule has 38 heavy (non-hydrogen) atoms. The number of hydrogen-bond donors (Lipinski definition) is 3. The van der Waals surface area contributed by atoms with E-state index in [2.05, 4.69) is 52.0 Å². The molecule has 14 heteroatoms. The number of nitrogens with one attached hydrogen (secondary N) is 2. The van der Waals surface area contributed by atoms with Gasteiger partial charge in [-0.1, -0.05) is 17.7 Å². The van der Waals surface area contributed by atoms with Gasteiger partial charge in [-0.05, 0) is 26.0 Å². The van der Waals surface area contributed by atoms with E-state index in [1.54, 1.807) is 14.0 Å². The Morgan fingerprint density at radius 3 is 2.42 bits per heavy atom. The van der Waals surface area contributed by atoms with E-state index in [-0.39, 0.29) is 34.7 Å². The molecule has 1 aromatic carbocycles. The van der Waals surface area contributed by atoms with E-state index in [0.717, 1.165) is 11.3 Å². The van der Waals surface area contributed by atoms with Crippen LogP contribution in [0.3, 0.4) is 0 Å². The topological polar surface area (TPSA) is 195 Å². The standard InChI is InChI=1S/C24H22N12O2/c1-13-5-7-16(8-6-13)29-20-17(10-26)14(2)19(21(27-3)32-20)34-35-22-15(9-25)11-28-36(22)23-30-18(12-37)31-24(33-23)38-4/h5-8,11,37H,12H2,1-4H3,(H2,27,29,32)/b35-34+. The lowest BCUT2D eigenvalue weighted by Gasteiger charge is -2.14. The van der Waals surface area contributed by atoms with Gasteiger partial charge in [-0.15, -0.1) is 10.2 Å². The van der Waals surface area contributed by atoms with E-state index in [0.29, 0.717) is 22.9 Å². The van der Waals surface area contributed by atoms with Gasteiger partial charge in [0.25, 0.3) is 5.95 Å². The van der Waals surface area contributed by atoms with Crippen molar-refractivity contribution >= 4 is 28.8 Å². The molecule has 190 valence electrons. The van der Waals surface area contributed by atoms with Crippen LogP contribution in [0.4, 0.5) is 28.8 Å². The fourth-order valence-electron chi connectivity index (χ4n) is 3.40. The van der Waals surface area contributed by atoms with Crippen molar-refractivity contribution in [1.82, 2.24) is 29.7 Å². The van der Waals surface area contributed by atoms with Crippen LogP contribution in [0.2, 0.25) is 0 Å². The molecule has 0 bridgehead atoms. The first-order valence-corrected chi connectivity index (χ1v) is 11.2. The fourth-order valence-corrected chi connectivity index (χ4v) is 3.40. The minimum atomic E-state index is -0.467. The Bertz CT molecular complexity index is 1570. The molecule has 0 amide bonds. The molecule has 3 N–H and O–H groups in total. The van der Waals surface area contributed by atoms with Gasteiger partial charge >= 0.3 is 6.01 Å². The smallest absolute Gasteiger partial charge is 0.321 e. The second-order valence-corrected chi connectivity index (χ2v) is 7.81. The highest BCUT2D eigenvalue weighted by atomic mass is 16.5. The molecule has 4 rings (SSSR count). The molecule has 0 atom stereocenters. The van der Waals surface area contributed by atoms with Gasteiger partial charge in [0.1, 0.15) is 30.0 Å². The minimum absolute atomic E-state index is 0.0199. The summed E-state index contributed by atoms with van der Waals surface area (Å²) < 4.78 is 6.24. The molecule has 0 fully saturated rings. The molecule has 0 spiro atoms. The molecular weight excluding hydrogens is 488 g/mol. The van der Waals surface area contributed by atoms with Gasteiger partial charge in [0.05, 0.1) is 18.9 Å². The zero-order chi connectivity index (χ0) is 27.2. The number of aryl methyl sites for hydroxylation is 1. The second-order valence-electron chi connectivity index (χ2n) is 7.81. The molecule has 0 aliphatic heterocycles. The summed E-state index contributed by atoms with van der Waals surface area (Å²) in [5.74, 6) is 0.737. The molecule has 3 aromatic heterocycles. The Balaban J connectivity index is 1.79. The van der Waals surface area contributed by atoms with Crippen molar-refractivity contribution in [2.75, 3.05) is 24.8 Å². The molecule has 3 heterocycles. The number of pyridine rings is 1. The van der Waals surface area contributed by atoms with Crippen LogP contribution >= 0.6 is 0 Å². The number of nitriles is 2. The normalized spacial score (nSPS) is 10.7. The Kier molecular flexibility index (Phi) is 7.46. The van der Waals surface area contributed by atoms with Crippen LogP contribution in [0.15, 0.2) is 40.7 Å². The van der Waals surface area contributed by atoms with Crippen molar-refractivity contribution in [3.63, 3.8) is 0 Å². The average Bonchev–Trinajstić information content (AvgIpc) is 3.36. The molecular formula is C24H22N12O2. The Labute approximate surface area is 217 Å². The van der Waals surface area contributed by atoms with E-state index in [4.69, 9.17) is 4.74 Å². The highest BCUT2D eigenvalue weighted by Gasteiger charge is 2.20. The third kappa shape index (κ3) is 5.06. The van der Waals surface area contributed by atoms with Gasteiger partial charge < -0.3 is 20.5 Å². The summed E-state index contributed by atoms with van der Waals surface area (Å²) in [5, 5.41) is 47.9. The largest absolute Gasteiger partial charge is 0.467 e. The summed E-state index contributed by atoms with van der Waals surface area (Å²) in [7, 11) is 3.03. The van der Waals surface area contributed by atoms with Crippen LogP contribution in [0.25, 0.3) is 5.95 Å². The maximum atomic E-state index is 9.90. The molecule has 4 aromatic rings. The van der Waals surface area contributed by atoms with Crippen molar-refractivity contribution in [2.45, 2.75) is 20.5 Å². The highest BCUT2D eigenvalue weighted by Crippen LogP contribution is 2.36. The number of aromatic nitrogens is 6. The van der Waals surface area contributed by atoms with Crippen molar-refractivity contribution in [1.29, 1.82) is 10.5 Å². The maximum Gasteiger partial charge on any atom is 0.321 e. The van der Waals surface area contributed by atoms with Gasteiger partial charge in [-0.25, -0.2) is 4.98 Å². The number of benzene rings is 1. The third-order valence-electron chi connectivity index (χ3n) is 5.35. The van der Waals surface area contributed by atoms with Gasteiger partial charge in [0.15, 0.2) is 23.3 Å². The molecule has 0 radical (unpaired) electrons. The molecule has 0 saturated heterocycles. The summed E-state index contributed by atoms with van der Waals surface area (Å²) in [4.78, 5) is 16.7. The summed E-state index contributed by atoms with van der Waals surface area (Å²) in [6, 6.07) is 11.8. The van der Waals surface area contributed by atoms with E-state index in [1.165, 1.54) is 18.0 Å². The van der Waals surface area contributed by atoms with Crippen molar-refractivity contribution < 1.29 is 9.84 Å². The lowest BCUT2D eigenvalue weighted by molar-refractivity contribution is 0.266. The fraction of sp³-hybridized carbons (Fsp3) is 0.208. The second kappa shape index (κ2) is 11.1. The van der Waals surface area contributed by atoms with Crippen molar-refractivity contribution in [3.05, 3.63) is 58.5 Å². The maximum absolute atomic E-state index is 9.90. The Hall–Kier alpha value is -5.47. The molecule has 14 nitrogen and oxygen atoms in total. The SMILES string of the molecule is CNc1nc(Nc2ccc(C)cc2)c(C#N)c(C)c1/N=N/c1c(C#N)cnn1-c1nc(CO)nc(OC)n1. The van der Waals surface area contributed by atoms with Crippen LogP contribution < -0.4 is 15.4 Å². The van der Waals surface area contributed by atoms with Crippen molar-refractivity contribution in [2.24, 2.45) is 10.2 Å². The average molecular weight is 511 g/mol. The number of aliphatic hydroxyl groups is 1. The predicted octanol–water partition coefficient (Wildman–Crippen LogP) is 3.51. The quantitative estimate of drug-likeness (QED) is 0.293. The number of nitrogens with zero attached hydrogens (tertiary/aromatic N) is 10. The zero-order valence-corrected chi connectivity index (χ0v) is 20.9. The first-order chi connectivity index (χ1) is 18.4. The number of anilines is 3. The number of methoxy groups -OCH3 is 1. The molecule has 0 saturated carbocycles. The van der Waals surface area contributed by atoms with Gasteiger partial charge in [-0.3, -0.25) is 0 Å². The van der Waals surface area contributed by atoms with Gasteiger partial charge in [0.2, 0.25) is 0 Å². The summed E-state index contributed by atoms with van der Waals surface area (Å²) >= 11 is 0. The first-order valence-electron chi connectivity index (χ1n) is 11.2. The van der Waals surface area contributed by atoms with Crippen LogP contribution in [-0.2, 0) is 6.61 Å². The lowest BCUT2D eigenvalue weighted by Crippen LogP contribution is -2.09. The van der Waals surface area contributed by atoms with Crippen LogP contribution in [-0.4, -0.2) is 49.0 Å². The van der Waals surface area contributed by atoms with Gasteiger partial charge in [-0.2, -0.15) is 35.3 Å². The van der Waals surface area contributed by atoms with E-state index in [9.17, 15) is 15.6 Å². The Morgan fingerprint density at radius 1 is 1.03 bits per heavy atom. The van der Waals surface area contributed by atoms with E-state index >= 15 is 0 Å². The zero-order valence-electron chi connectivity index (χ0n) is 20.9. The van der Waals surface area contributed by atoms with E-state index < -0.39 is 6.61 Å². The van der Waals surface area contributed by atoms with Crippen molar-refractivity contribution in [3.8, 4) is 24.1 Å². The van der Waals surface area contributed by atoms with Crippen LogP contribution in [0, 0.1) is 36.5 Å². The summed E-state index contributed by atoms with van der Waals surface area (Å²) in [5.41, 5.74) is 3.05. The minimum Gasteiger partial charge on any atom is -0.467 e. The number of azo groups is 1. The van der Waals surface area contributed by atoms with E-state index in [1.807, 2.05) is 37.3 Å². The summed E-state index contributed by atoms with van der Waals surface area (Å²) in [6.07, 6.45) is 1.28. The summed E-state index contributed by atoms with van der Waals surface area (Å²) in [6.45, 7) is 3.24. The Morgan fingerprint density at radius 2 is 1.79 bits per heavy atom. The monoisotopic (exact) mass is 510 g/mol. The van der Waals surface area contributed by atoms with Crippen LogP contribution in [0.1, 0.15) is 28.1 Å². The molecule has 0 aliphatic carbocycles. The highest BCUT2D eigenvalue weighted by molar-refractivity contribution is 5.76. The number of aliphatic hydroxyl groups excluding tert-OH is 1. The molecule has 0 unspecified atom stereocenters. The number of rotatable bonds is 8. The lowest BCUT2D eigenvalue weighted by atomic mass is 10.1. The number of ether oxygens (including phenoxy) is 1. The van der Waals surface area contributed by atoms with Crippen LogP contribution in [0.5, 0.6) is 6.01 Å². The van der Waals surface area contributed by atoms with Gasteiger partial charge in [0, 0.05) is 18.3 Å².